The van der Waals surface area contributed by atoms with E-state index in [9.17, 15) is 4.79 Å². The van der Waals surface area contributed by atoms with E-state index in [-0.39, 0.29) is 5.91 Å². The number of hydrogen-bond acceptors (Lipinski definition) is 3. The van der Waals surface area contributed by atoms with Crippen molar-refractivity contribution in [2.45, 2.75) is 13.0 Å². The van der Waals surface area contributed by atoms with Gasteiger partial charge in [0.2, 0.25) is 5.91 Å². The van der Waals surface area contributed by atoms with Gasteiger partial charge >= 0.3 is 0 Å². The van der Waals surface area contributed by atoms with E-state index in [1.54, 1.807) is 6.07 Å². The molecular formula is C16H15NO3. The summed E-state index contributed by atoms with van der Waals surface area (Å²) < 4.78 is 11.3. The van der Waals surface area contributed by atoms with E-state index >= 15 is 0 Å². The molecule has 0 atom stereocenters. The van der Waals surface area contributed by atoms with Gasteiger partial charge in [-0.1, -0.05) is 30.3 Å². The van der Waals surface area contributed by atoms with Crippen LogP contribution in [0.3, 0.4) is 0 Å². The number of benzene rings is 2. The van der Waals surface area contributed by atoms with Crippen molar-refractivity contribution in [2.24, 2.45) is 0 Å². The standard InChI is InChI=1S/C16H15NO3/c18-16-8-9-19-15-10-13(6-7-14(15)17-16)20-11-12-4-2-1-3-5-12/h1-7,10H,8-9,11H2,(H,17,18). The number of nitrogens with one attached hydrogen (secondary N) is 1. The Labute approximate surface area is 117 Å². The maximum Gasteiger partial charge on any atom is 0.227 e. The molecule has 0 bridgehead atoms. The van der Waals surface area contributed by atoms with Crippen LogP contribution >= 0.6 is 0 Å². The van der Waals surface area contributed by atoms with Gasteiger partial charge in [0.1, 0.15) is 18.1 Å². The molecule has 0 fully saturated rings. The fourth-order valence-electron chi connectivity index (χ4n) is 2.02. The predicted octanol–water partition coefficient (Wildman–Crippen LogP) is 2.99. The summed E-state index contributed by atoms with van der Waals surface area (Å²) in [6.07, 6.45) is 0.370. The molecule has 4 nitrogen and oxygen atoms in total. The maximum atomic E-state index is 11.4. The molecule has 0 aromatic heterocycles. The van der Waals surface area contributed by atoms with Gasteiger partial charge in [0.15, 0.2) is 0 Å². The minimum Gasteiger partial charge on any atom is -0.491 e. The zero-order chi connectivity index (χ0) is 13.8. The van der Waals surface area contributed by atoms with Crippen LogP contribution < -0.4 is 14.8 Å². The summed E-state index contributed by atoms with van der Waals surface area (Å²) >= 11 is 0. The van der Waals surface area contributed by atoms with Gasteiger partial charge in [-0.15, -0.1) is 0 Å². The lowest BCUT2D eigenvalue weighted by atomic mass is 10.2. The van der Waals surface area contributed by atoms with Gasteiger partial charge in [-0.25, -0.2) is 0 Å². The molecule has 1 amide bonds. The fourth-order valence-corrected chi connectivity index (χ4v) is 2.02. The molecule has 0 radical (unpaired) electrons. The molecule has 0 spiro atoms. The van der Waals surface area contributed by atoms with Crippen molar-refractivity contribution in [2.75, 3.05) is 11.9 Å². The molecule has 2 aromatic carbocycles. The van der Waals surface area contributed by atoms with Gasteiger partial charge in [-0.3, -0.25) is 4.79 Å². The van der Waals surface area contributed by atoms with Gasteiger partial charge in [-0.2, -0.15) is 0 Å². The highest BCUT2D eigenvalue weighted by Gasteiger charge is 2.14. The highest BCUT2D eigenvalue weighted by Crippen LogP contribution is 2.31. The van der Waals surface area contributed by atoms with E-state index in [1.165, 1.54) is 0 Å². The first-order chi connectivity index (χ1) is 9.81. The smallest absolute Gasteiger partial charge is 0.227 e. The summed E-state index contributed by atoms with van der Waals surface area (Å²) in [5.74, 6) is 1.35. The largest absolute Gasteiger partial charge is 0.491 e. The van der Waals surface area contributed by atoms with Crippen LogP contribution in [0.5, 0.6) is 11.5 Å². The molecular weight excluding hydrogens is 254 g/mol. The molecule has 0 saturated heterocycles. The zero-order valence-corrected chi connectivity index (χ0v) is 11.0. The first kappa shape index (κ1) is 12.5. The van der Waals surface area contributed by atoms with Crippen LogP contribution in [0.2, 0.25) is 0 Å². The molecule has 1 N–H and O–H groups in total. The average Bonchev–Trinajstić information content (AvgIpc) is 2.66. The van der Waals surface area contributed by atoms with Crippen molar-refractivity contribution in [3.8, 4) is 11.5 Å². The van der Waals surface area contributed by atoms with Crippen LogP contribution in [-0.4, -0.2) is 12.5 Å². The average molecular weight is 269 g/mol. The zero-order valence-electron chi connectivity index (χ0n) is 11.0. The quantitative estimate of drug-likeness (QED) is 0.931. The van der Waals surface area contributed by atoms with Gasteiger partial charge in [0.25, 0.3) is 0 Å². The Bertz CT molecular complexity index is 610. The summed E-state index contributed by atoms with van der Waals surface area (Å²) in [4.78, 5) is 11.4. The van der Waals surface area contributed by atoms with Crippen molar-refractivity contribution in [3.05, 3.63) is 54.1 Å². The first-order valence-electron chi connectivity index (χ1n) is 6.55. The molecule has 1 aliphatic heterocycles. The fraction of sp³-hybridized carbons (Fsp3) is 0.188. The topological polar surface area (TPSA) is 47.6 Å². The van der Waals surface area contributed by atoms with Gasteiger partial charge < -0.3 is 14.8 Å². The van der Waals surface area contributed by atoms with E-state index in [0.717, 1.165) is 11.3 Å². The van der Waals surface area contributed by atoms with Gasteiger partial charge in [0.05, 0.1) is 18.7 Å². The number of carbonyl (C=O) groups is 1. The highest BCUT2D eigenvalue weighted by molar-refractivity contribution is 5.93. The minimum atomic E-state index is -0.0262. The normalized spacial score (nSPS) is 13.7. The van der Waals surface area contributed by atoms with E-state index in [2.05, 4.69) is 5.32 Å². The summed E-state index contributed by atoms with van der Waals surface area (Å²) in [6.45, 7) is 0.896. The predicted molar refractivity (Wildman–Crippen MR) is 76.0 cm³/mol. The van der Waals surface area contributed by atoms with Crippen LogP contribution in [0.4, 0.5) is 5.69 Å². The van der Waals surface area contributed by atoms with Crippen molar-refractivity contribution >= 4 is 11.6 Å². The molecule has 2 aromatic rings. The van der Waals surface area contributed by atoms with E-state index in [1.807, 2.05) is 42.5 Å². The SMILES string of the molecule is O=C1CCOc2cc(OCc3ccccc3)ccc2N1. The molecule has 3 rings (SSSR count). The molecule has 1 aliphatic rings. The third-order valence-corrected chi connectivity index (χ3v) is 3.06. The molecule has 4 heteroatoms. The lowest BCUT2D eigenvalue weighted by Crippen LogP contribution is -2.10. The summed E-state index contributed by atoms with van der Waals surface area (Å²) in [5, 5.41) is 2.80. The van der Waals surface area contributed by atoms with E-state index < -0.39 is 0 Å². The van der Waals surface area contributed by atoms with Crippen LogP contribution in [0, 0.1) is 0 Å². The first-order valence-corrected chi connectivity index (χ1v) is 6.55. The Kier molecular flexibility index (Phi) is 3.54. The summed E-state index contributed by atoms with van der Waals surface area (Å²) in [6, 6.07) is 15.4. The third-order valence-electron chi connectivity index (χ3n) is 3.06. The summed E-state index contributed by atoms with van der Waals surface area (Å²) in [5.41, 5.74) is 1.80. The Hall–Kier alpha value is -2.49. The molecule has 0 saturated carbocycles. The maximum absolute atomic E-state index is 11.4. The molecule has 1 heterocycles. The van der Waals surface area contributed by atoms with Crippen LogP contribution in [-0.2, 0) is 11.4 Å². The minimum absolute atomic E-state index is 0.0262. The van der Waals surface area contributed by atoms with Crippen molar-refractivity contribution < 1.29 is 14.3 Å². The van der Waals surface area contributed by atoms with Crippen molar-refractivity contribution in [1.29, 1.82) is 0 Å². The molecule has 20 heavy (non-hydrogen) atoms. The molecule has 0 unspecified atom stereocenters. The monoisotopic (exact) mass is 269 g/mol. The van der Waals surface area contributed by atoms with Gasteiger partial charge in [-0.05, 0) is 17.7 Å². The number of rotatable bonds is 3. The second-order valence-corrected chi connectivity index (χ2v) is 4.58. The lowest BCUT2D eigenvalue weighted by molar-refractivity contribution is -0.116. The van der Waals surface area contributed by atoms with Crippen molar-refractivity contribution in [3.63, 3.8) is 0 Å². The van der Waals surface area contributed by atoms with E-state index in [0.29, 0.717) is 31.1 Å². The van der Waals surface area contributed by atoms with Gasteiger partial charge in [0, 0.05) is 6.07 Å². The van der Waals surface area contributed by atoms with Crippen LogP contribution in [0.15, 0.2) is 48.5 Å². The lowest BCUT2D eigenvalue weighted by Gasteiger charge is -2.11. The number of carbonyl (C=O) groups excluding carboxylic acids is 1. The Morgan fingerprint density at radius 1 is 1.15 bits per heavy atom. The number of anilines is 1. The summed E-state index contributed by atoms with van der Waals surface area (Å²) in [7, 11) is 0. The number of ether oxygens (including phenoxy) is 2. The highest BCUT2D eigenvalue weighted by atomic mass is 16.5. The number of fused-ring (bicyclic) bond motifs is 1. The molecule has 102 valence electrons. The van der Waals surface area contributed by atoms with E-state index in [4.69, 9.17) is 9.47 Å². The second-order valence-electron chi connectivity index (χ2n) is 4.58. The Balaban J connectivity index is 1.72. The van der Waals surface area contributed by atoms with Crippen LogP contribution in [0.1, 0.15) is 12.0 Å². The Morgan fingerprint density at radius 3 is 2.85 bits per heavy atom. The number of hydrogen-bond donors (Lipinski definition) is 1. The van der Waals surface area contributed by atoms with Crippen LogP contribution in [0.25, 0.3) is 0 Å². The number of amides is 1. The van der Waals surface area contributed by atoms with Crippen molar-refractivity contribution in [1.82, 2.24) is 0 Å². The second kappa shape index (κ2) is 5.65. The molecule has 0 aliphatic carbocycles. The Morgan fingerprint density at radius 2 is 2.00 bits per heavy atom. The third kappa shape index (κ3) is 2.91.